The Morgan fingerprint density at radius 2 is 2.00 bits per heavy atom. The van der Waals surface area contributed by atoms with E-state index in [1.54, 1.807) is 13.3 Å². The predicted molar refractivity (Wildman–Crippen MR) is 97.1 cm³/mol. The molecule has 0 amide bonds. The van der Waals surface area contributed by atoms with Gasteiger partial charge in [-0.1, -0.05) is 6.07 Å². The molecule has 0 bridgehead atoms. The predicted octanol–water partition coefficient (Wildman–Crippen LogP) is 3.83. The van der Waals surface area contributed by atoms with Crippen LogP contribution in [0.3, 0.4) is 0 Å². The van der Waals surface area contributed by atoms with Crippen molar-refractivity contribution in [2.24, 2.45) is 0 Å². The van der Waals surface area contributed by atoms with Crippen LogP contribution in [-0.2, 0) is 0 Å². The third-order valence-electron chi connectivity index (χ3n) is 3.91. The van der Waals surface area contributed by atoms with Crippen LogP contribution in [0.25, 0.3) is 16.7 Å². The highest BCUT2D eigenvalue weighted by molar-refractivity contribution is 14.1. The molecule has 0 aliphatic rings. The first kappa shape index (κ1) is 15.7. The molecular formula is C17H15IN4O. The molecule has 0 saturated carbocycles. The number of hydrogen-bond donors (Lipinski definition) is 0. The summed E-state index contributed by atoms with van der Waals surface area (Å²) < 4.78 is 8.31. The van der Waals surface area contributed by atoms with Crippen LogP contribution in [0, 0.1) is 35.8 Å². The van der Waals surface area contributed by atoms with E-state index in [0.717, 1.165) is 37.3 Å². The number of fused-ring (bicyclic) bond motifs is 1. The summed E-state index contributed by atoms with van der Waals surface area (Å²) in [5, 5.41) is 10.3. The Bertz CT molecular complexity index is 969. The van der Waals surface area contributed by atoms with E-state index >= 15 is 0 Å². The number of rotatable bonds is 2. The van der Waals surface area contributed by atoms with E-state index in [0.29, 0.717) is 11.4 Å². The molecule has 0 saturated heterocycles. The second-order valence-electron chi connectivity index (χ2n) is 5.33. The lowest BCUT2D eigenvalue weighted by Crippen LogP contribution is -2.05. The maximum atomic E-state index is 9.54. The molecule has 2 aromatic heterocycles. The Kier molecular flexibility index (Phi) is 3.98. The Balaban J connectivity index is 2.49. The molecule has 2 heterocycles. The maximum absolute atomic E-state index is 9.54. The average Bonchev–Trinajstić information content (AvgIpc) is 2.79. The fourth-order valence-corrected chi connectivity index (χ4v) is 3.69. The average molecular weight is 418 g/mol. The molecule has 5 nitrogen and oxygen atoms in total. The van der Waals surface area contributed by atoms with Crippen LogP contribution >= 0.6 is 22.6 Å². The molecule has 0 fully saturated rings. The molecule has 3 aromatic rings. The molecule has 0 spiro atoms. The summed E-state index contributed by atoms with van der Waals surface area (Å²) in [7, 11) is 1.66. The van der Waals surface area contributed by atoms with E-state index in [1.807, 2.05) is 37.5 Å². The van der Waals surface area contributed by atoms with E-state index in [2.05, 4.69) is 38.6 Å². The van der Waals surface area contributed by atoms with Gasteiger partial charge in [0.25, 0.3) is 0 Å². The number of benzene rings is 1. The van der Waals surface area contributed by atoms with Crippen molar-refractivity contribution in [1.82, 2.24) is 14.5 Å². The van der Waals surface area contributed by atoms with Crippen molar-refractivity contribution in [3.05, 3.63) is 44.5 Å². The van der Waals surface area contributed by atoms with Gasteiger partial charge < -0.3 is 4.74 Å². The third-order valence-corrected chi connectivity index (χ3v) is 4.93. The zero-order valence-electron chi connectivity index (χ0n) is 13.3. The van der Waals surface area contributed by atoms with Crippen molar-refractivity contribution in [1.29, 1.82) is 5.26 Å². The number of nitriles is 1. The topological polar surface area (TPSA) is 63.7 Å². The second kappa shape index (κ2) is 5.81. The standard InChI is InChI=1S/C17H15IN4O/c1-9-5-6-14(23-4)10(2)15(9)22-16(18)12(7-19)13-8-20-11(3)21-17(13)22/h5-6,8H,1-4H3. The summed E-state index contributed by atoms with van der Waals surface area (Å²) in [6.07, 6.45) is 1.72. The van der Waals surface area contributed by atoms with E-state index in [4.69, 9.17) is 4.74 Å². The molecule has 0 atom stereocenters. The van der Waals surface area contributed by atoms with Crippen LogP contribution in [0.15, 0.2) is 18.3 Å². The van der Waals surface area contributed by atoms with Crippen molar-refractivity contribution in [3.8, 4) is 17.5 Å². The van der Waals surface area contributed by atoms with Crippen LogP contribution in [0.1, 0.15) is 22.5 Å². The van der Waals surface area contributed by atoms with Crippen molar-refractivity contribution in [3.63, 3.8) is 0 Å². The van der Waals surface area contributed by atoms with Gasteiger partial charge in [-0.2, -0.15) is 5.26 Å². The number of hydrogen-bond acceptors (Lipinski definition) is 4. The van der Waals surface area contributed by atoms with Gasteiger partial charge in [0.1, 0.15) is 27.0 Å². The van der Waals surface area contributed by atoms with E-state index in [1.165, 1.54) is 0 Å². The fourth-order valence-electron chi connectivity index (χ4n) is 2.81. The first-order chi connectivity index (χ1) is 11.0. The van der Waals surface area contributed by atoms with Gasteiger partial charge in [0, 0.05) is 11.8 Å². The van der Waals surface area contributed by atoms with Gasteiger partial charge in [-0.05, 0) is 55.0 Å². The molecule has 3 rings (SSSR count). The number of halogens is 1. The molecule has 116 valence electrons. The summed E-state index contributed by atoms with van der Waals surface area (Å²) in [6.45, 7) is 5.91. The van der Waals surface area contributed by atoms with Gasteiger partial charge in [-0.15, -0.1) is 0 Å². The highest BCUT2D eigenvalue weighted by Crippen LogP contribution is 2.34. The highest BCUT2D eigenvalue weighted by atomic mass is 127. The molecule has 6 heteroatoms. The molecule has 0 aliphatic heterocycles. The van der Waals surface area contributed by atoms with Crippen LogP contribution in [-0.4, -0.2) is 21.6 Å². The zero-order chi connectivity index (χ0) is 16.7. The van der Waals surface area contributed by atoms with Crippen LogP contribution < -0.4 is 4.74 Å². The van der Waals surface area contributed by atoms with E-state index in [-0.39, 0.29) is 0 Å². The first-order valence-electron chi connectivity index (χ1n) is 7.07. The summed E-state index contributed by atoms with van der Waals surface area (Å²) in [4.78, 5) is 8.81. The molecule has 0 N–H and O–H groups in total. The summed E-state index contributed by atoms with van der Waals surface area (Å²) >= 11 is 2.20. The lowest BCUT2D eigenvalue weighted by atomic mass is 10.1. The fraction of sp³-hybridized carbons (Fsp3) is 0.235. The normalized spacial score (nSPS) is 10.8. The zero-order valence-corrected chi connectivity index (χ0v) is 15.5. The summed E-state index contributed by atoms with van der Waals surface area (Å²) in [5.74, 6) is 1.49. The first-order valence-corrected chi connectivity index (χ1v) is 8.15. The van der Waals surface area contributed by atoms with Gasteiger partial charge in [0.2, 0.25) is 0 Å². The minimum atomic E-state index is 0.599. The number of nitrogens with zero attached hydrogens (tertiary/aromatic N) is 4. The van der Waals surface area contributed by atoms with Crippen molar-refractivity contribution in [2.75, 3.05) is 7.11 Å². The van der Waals surface area contributed by atoms with Gasteiger partial charge in [-0.3, -0.25) is 4.57 Å². The number of methoxy groups -OCH3 is 1. The van der Waals surface area contributed by atoms with E-state index < -0.39 is 0 Å². The molecule has 1 aromatic carbocycles. The van der Waals surface area contributed by atoms with Crippen LogP contribution in [0.5, 0.6) is 5.75 Å². The number of ether oxygens (including phenoxy) is 1. The van der Waals surface area contributed by atoms with Gasteiger partial charge in [0.05, 0.1) is 23.7 Å². The Morgan fingerprint density at radius 3 is 2.65 bits per heavy atom. The lowest BCUT2D eigenvalue weighted by molar-refractivity contribution is 0.411. The third kappa shape index (κ3) is 2.36. The molecule has 0 unspecified atom stereocenters. The quantitative estimate of drug-likeness (QED) is 0.594. The van der Waals surface area contributed by atoms with Crippen molar-refractivity contribution in [2.45, 2.75) is 20.8 Å². The van der Waals surface area contributed by atoms with Crippen molar-refractivity contribution >= 4 is 33.6 Å². The smallest absolute Gasteiger partial charge is 0.150 e. The summed E-state index contributed by atoms with van der Waals surface area (Å²) in [5.41, 5.74) is 4.46. The van der Waals surface area contributed by atoms with E-state index in [9.17, 15) is 5.26 Å². The monoisotopic (exact) mass is 418 g/mol. The van der Waals surface area contributed by atoms with Gasteiger partial charge in [0.15, 0.2) is 0 Å². The Hall–Kier alpha value is -2.14. The summed E-state index contributed by atoms with van der Waals surface area (Å²) in [6, 6.07) is 6.25. The van der Waals surface area contributed by atoms with Crippen LogP contribution in [0.4, 0.5) is 0 Å². The maximum Gasteiger partial charge on any atom is 0.150 e. The Morgan fingerprint density at radius 1 is 1.26 bits per heavy atom. The van der Waals surface area contributed by atoms with Crippen LogP contribution in [0.2, 0.25) is 0 Å². The highest BCUT2D eigenvalue weighted by Gasteiger charge is 2.21. The largest absolute Gasteiger partial charge is 0.496 e. The Labute approximate surface area is 148 Å². The molecule has 0 aliphatic carbocycles. The second-order valence-corrected chi connectivity index (χ2v) is 6.35. The number of aryl methyl sites for hydroxylation is 2. The molecule has 23 heavy (non-hydrogen) atoms. The SMILES string of the molecule is COc1ccc(C)c(-n2c(I)c(C#N)c3cnc(C)nc32)c1C. The lowest BCUT2D eigenvalue weighted by Gasteiger charge is -2.16. The molecular weight excluding hydrogens is 403 g/mol. The number of aromatic nitrogens is 3. The van der Waals surface area contributed by atoms with Crippen molar-refractivity contribution < 1.29 is 4.74 Å². The van der Waals surface area contributed by atoms with Gasteiger partial charge >= 0.3 is 0 Å². The minimum Gasteiger partial charge on any atom is -0.496 e. The molecule has 0 radical (unpaired) electrons. The minimum absolute atomic E-state index is 0.599. The van der Waals surface area contributed by atoms with Gasteiger partial charge in [-0.25, -0.2) is 9.97 Å².